The second kappa shape index (κ2) is 8.03. The van der Waals surface area contributed by atoms with Crippen LogP contribution in [0.25, 0.3) is 31.9 Å². The van der Waals surface area contributed by atoms with E-state index in [0.29, 0.717) is 0 Å². The number of thiophene rings is 2. The Labute approximate surface area is 181 Å². The van der Waals surface area contributed by atoms with Crippen LogP contribution in [0.4, 0.5) is 11.4 Å². The molecule has 0 N–H and O–H groups in total. The number of unbranched alkanes of at least 4 members (excludes halogenated alkanes) is 3. The standard InChI is InChI=1S/C20H19N5S2Te/c1-2-3-4-5-10-25-21-17-15(13-8-6-11-26-13)19-20(24-28-23-19)16(18(17)22-25)14-9-7-12-27-14/h6-9,11-12H,2-5,10H2,1H3. The molecule has 5 nitrogen and oxygen atoms in total. The molecular formula is C20H19N5S2Te. The number of fused-ring (bicyclic) bond motifs is 2. The number of hydrogen-bond donors (Lipinski definition) is 0. The number of aromatic nitrogens is 3. The summed E-state index contributed by atoms with van der Waals surface area (Å²) in [7, 11) is 0. The molecule has 4 aromatic rings. The van der Waals surface area contributed by atoms with Gasteiger partial charge in [-0.15, -0.1) is 0 Å². The summed E-state index contributed by atoms with van der Waals surface area (Å²) >= 11 is 2.73. The normalized spacial score (nSPS) is 12.6. The molecule has 0 saturated heterocycles. The van der Waals surface area contributed by atoms with Gasteiger partial charge >= 0.3 is 182 Å². The predicted molar refractivity (Wildman–Crippen MR) is 118 cm³/mol. The third-order valence-corrected chi connectivity index (χ3v) is 8.12. The molecule has 5 rings (SSSR count). The van der Waals surface area contributed by atoms with E-state index in [9.17, 15) is 0 Å². The first-order valence-corrected chi connectivity index (χ1v) is 13.3. The van der Waals surface area contributed by atoms with Gasteiger partial charge in [-0.3, -0.25) is 0 Å². The molecule has 1 aliphatic heterocycles. The van der Waals surface area contributed by atoms with Crippen LogP contribution in [0.15, 0.2) is 41.4 Å². The Balaban J connectivity index is 1.72. The zero-order chi connectivity index (χ0) is 18.9. The van der Waals surface area contributed by atoms with Crippen molar-refractivity contribution < 1.29 is 0 Å². The van der Waals surface area contributed by atoms with Gasteiger partial charge in [0.2, 0.25) is 0 Å². The Kier molecular flexibility index (Phi) is 5.29. The summed E-state index contributed by atoms with van der Waals surface area (Å²) in [4.78, 5) is 4.29. The van der Waals surface area contributed by atoms with Crippen molar-refractivity contribution in [1.29, 1.82) is 0 Å². The molecule has 0 atom stereocenters. The molecule has 0 unspecified atom stereocenters. The fourth-order valence-corrected chi connectivity index (χ4v) is 6.66. The maximum absolute atomic E-state index is 4.94. The summed E-state index contributed by atoms with van der Waals surface area (Å²) < 4.78 is 9.74. The third kappa shape index (κ3) is 3.22. The molecule has 1 aromatic carbocycles. The van der Waals surface area contributed by atoms with Crippen LogP contribution in [0.2, 0.25) is 0 Å². The summed E-state index contributed by atoms with van der Waals surface area (Å²) in [5.74, 6) is 0. The minimum atomic E-state index is -0.732. The molecule has 0 bridgehead atoms. The van der Waals surface area contributed by atoms with Crippen LogP contribution in [0.5, 0.6) is 0 Å². The van der Waals surface area contributed by atoms with Gasteiger partial charge in [-0.1, -0.05) is 0 Å². The number of rotatable bonds is 7. The van der Waals surface area contributed by atoms with E-state index in [2.05, 4.69) is 41.9 Å². The van der Waals surface area contributed by atoms with E-state index in [1.54, 1.807) is 22.7 Å². The van der Waals surface area contributed by atoms with E-state index in [-0.39, 0.29) is 0 Å². The Morgan fingerprint density at radius 2 is 1.46 bits per heavy atom. The van der Waals surface area contributed by atoms with Crippen molar-refractivity contribution >= 4 is 65.7 Å². The molecule has 0 fully saturated rings. The van der Waals surface area contributed by atoms with Gasteiger partial charge < -0.3 is 0 Å². The van der Waals surface area contributed by atoms with E-state index < -0.39 is 20.6 Å². The van der Waals surface area contributed by atoms with Crippen LogP contribution in [-0.4, -0.2) is 35.6 Å². The fourth-order valence-electron chi connectivity index (χ4n) is 3.51. The molecular weight excluding hydrogens is 502 g/mol. The van der Waals surface area contributed by atoms with Crippen LogP contribution in [0.3, 0.4) is 0 Å². The number of hydrogen-bond acceptors (Lipinski definition) is 6. The second-order valence-corrected chi connectivity index (χ2v) is 10.1. The van der Waals surface area contributed by atoms with Gasteiger partial charge in [0.05, 0.1) is 0 Å². The summed E-state index contributed by atoms with van der Waals surface area (Å²) in [6.07, 6.45) is 4.83. The van der Waals surface area contributed by atoms with Crippen molar-refractivity contribution in [3.8, 4) is 20.9 Å². The molecule has 0 saturated carbocycles. The molecule has 8 heteroatoms. The van der Waals surface area contributed by atoms with E-state index in [4.69, 9.17) is 16.6 Å². The second-order valence-electron chi connectivity index (χ2n) is 6.72. The van der Waals surface area contributed by atoms with Crippen molar-refractivity contribution in [1.82, 2.24) is 15.0 Å². The summed E-state index contributed by atoms with van der Waals surface area (Å²) in [5.41, 5.74) is 6.22. The Bertz CT molecular complexity index is 1100. The van der Waals surface area contributed by atoms with Gasteiger partial charge in [-0.25, -0.2) is 0 Å². The van der Waals surface area contributed by atoms with Crippen LogP contribution >= 0.6 is 22.7 Å². The average Bonchev–Trinajstić information content (AvgIpc) is 3.49. The van der Waals surface area contributed by atoms with Crippen molar-refractivity contribution in [3.05, 3.63) is 35.0 Å². The van der Waals surface area contributed by atoms with Crippen molar-refractivity contribution in [3.63, 3.8) is 0 Å². The van der Waals surface area contributed by atoms with Gasteiger partial charge in [0.1, 0.15) is 0 Å². The van der Waals surface area contributed by atoms with Crippen LogP contribution in [-0.2, 0) is 6.54 Å². The predicted octanol–water partition coefficient (Wildman–Crippen LogP) is 6.82. The van der Waals surface area contributed by atoms with Crippen LogP contribution < -0.4 is 0 Å². The number of nitrogens with zero attached hydrogens (tertiary/aromatic N) is 5. The molecule has 0 radical (unpaired) electrons. The average molecular weight is 521 g/mol. The molecule has 4 heterocycles. The zero-order valence-electron chi connectivity index (χ0n) is 15.5. The molecule has 142 valence electrons. The summed E-state index contributed by atoms with van der Waals surface area (Å²) in [6, 6.07) is 8.48. The first-order chi connectivity index (χ1) is 13.9. The third-order valence-electron chi connectivity index (χ3n) is 4.84. The molecule has 1 aliphatic rings. The van der Waals surface area contributed by atoms with Gasteiger partial charge in [0.25, 0.3) is 0 Å². The summed E-state index contributed by atoms with van der Waals surface area (Å²) in [5, 5.41) is 14.1. The fraction of sp³-hybridized carbons (Fsp3) is 0.300. The molecule has 0 spiro atoms. The molecule has 3 aromatic heterocycles. The van der Waals surface area contributed by atoms with Gasteiger partial charge in [-0.2, -0.15) is 0 Å². The first-order valence-electron chi connectivity index (χ1n) is 9.47. The Morgan fingerprint density at radius 1 is 0.857 bits per heavy atom. The first kappa shape index (κ1) is 18.4. The van der Waals surface area contributed by atoms with E-state index in [1.807, 2.05) is 4.80 Å². The number of aryl methyl sites for hydroxylation is 1. The van der Waals surface area contributed by atoms with E-state index >= 15 is 0 Å². The van der Waals surface area contributed by atoms with E-state index in [0.717, 1.165) is 46.5 Å². The van der Waals surface area contributed by atoms with Crippen molar-refractivity contribution in [2.75, 3.05) is 0 Å². The van der Waals surface area contributed by atoms with Crippen LogP contribution in [0, 0.1) is 0 Å². The van der Waals surface area contributed by atoms with Gasteiger partial charge in [-0.05, 0) is 0 Å². The molecule has 0 amide bonds. The van der Waals surface area contributed by atoms with Gasteiger partial charge in [0, 0.05) is 0 Å². The zero-order valence-corrected chi connectivity index (χ0v) is 19.4. The topological polar surface area (TPSA) is 55.4 Å². The SMILES string of the molecule is CCCCCCn1nc2c(-c3cccs3)c3c(c(-c4cccs4)c2n1)N=[Te]=N3. The molecule has 0 aliphatic carbocycles. The Hall–Kier alpha value is -1.59. The van der Waals surface area contributed by atoms with Gasteiger partial charge in [0.15, 0.2) is 0 Å². The quantitative estimate of drug-likeness (QED) is 0.175. The Morgan fingerprint density at radius 3 is 1.96 bits per heavy atom. The van der Waals surface area contributed by atoms with E-state index in [1.165, 1.54) is 29.0 Å². The maximum atomic E-state index is 4.94. The summed E-state index contributed by atoms with van der Waals surface area (Å²) in [6.45, 7) is 3.09. The van der Waals surface area contributed by atoms with Crippen molar-refractivity contribution in [2.24, 2.45) is 6.37 Å². The molecule has 28 heavy (non-hydrogen) atoms. The monoisotopic (exact) mass is 523 g/mol. The van der Waals surface area contributed by atoms with Crippen molar-refractivity contribution in [2.45, 2.75) is 39.2 Å². The minimum absolute atomic E-state index is 0.732. The van der Waals surface area contributed by atoms with Crippen LogP contribution in [0.1, 0.15) is 32.6 Å². The number of benzene rings is 1.